The minimum absolute atomic E-state index is 0.874. The highest BCUT2D eigenvalue weighted by atomic mass is 16.3. The van der Waals surface area contributed by atoms with Crippen molar-refractivity contribution in [3.63, 3.8) is 0 Å². The summed E-state index contributed by atoms with van der Waals surface area (Å²) in [7, 11) is 0. The van der Waals surface area contributed by atoms with Crippen molar-refractivity contribution in [1.82, 2.24) is 0 Å². The van der Waals surface area contributed by atoms with Crippen LogP contribution in [-0.2, 0) is 0 Å². The van der Waals surface area contributed by atoms with E-state index in [0.29, 0.717) is 0 Å². The molecule has 1 heteroatoms. The number of furan rings is 1. The van der Waals surface area contributed by atoms with Crippen molar-refractivity contribution in [3.8, 4) is 66.8 Å². The van der Waals surface area contributed by atoms with Crippen molar-refractivity contribution < 1.29 is 4.42 Å². The van der Waals surface area contributed by atoms with Gasteiger partial charge >= 0.3 is 0 Å². The lowest BCUT2D eigenvalue weighted by atomic mass is 9.83. The van der Waals surface area contributed by atoms with Crippen LogP contribution in [0.25, 0.3) is 143 Å². The van der Waals surface area contributed by atoms with Crippen LogP contribution >= 0.6 is 0 Å². The Morgan fingerprint density at radius 1 is 0.188 bits per heavy atom. The Balaban J connectivity index is 0.954. The molecule has 0 aliphatic rings. The van der Waals surface area contributed by atoms with Gasteiger partial charge in [0.1, 0.15) is 11.2 Å². The predicted molar refractivity (Wildman–Crippen MR) is 294 cm³/mol. The summed E-state index contributed by atoms with van der Waals surface area (Å²) in [6, 6.07) is 93.0. The molecule has 0 N–H and O–H groups in total. The van der Waals surface area contributed by atoms with Gasteiger partial charge in [0, 0.05) is 21.9 Å². The van der Waals surface area contributed by atoms with E-state index in [-0.39, 0.29) is 0 Å². The van der Waals surface area contributed by atoms with Gasteiger partial charge in [0.2, 0.25) is 0 Å². The standard InChI is InChI=1S/C68H42O/c1-3-18-43(19-4-1)44-34-36-46(37-35-44)64-52-24-9-11-26-54(52)65(55-27-12-10-25-53(55)64)47-38-39-51-61-32-17-33-62(68(61)69-63(51)42-47)67-58-30-15-13-28-56(58)66(57-29-14-16-31-59(57)67)60-41-40-48(45-20-5-2-6-21-45)49-22-7-8-23-50(49)60/h1-42H. The molecule has 14 rings (SSSR count). The van der Waals surface area contributed by atoms with Crippen molar-refractivity contribution in [3.05, 3.63) is 255 Å². The van der Waals surface area contributed by atoms with Crippen LogP contribution < -0.4 is 0 Å². The van der Waals surface area contributed by atoms with Gasteiger partial charge in [-0.25, -0.2) is 0 Å². The Kier molecular flexibility index (Phi) is 8.97. The highest BCUT2D eigenvalue weighted by molar-refractivity contribution is 6.27. The Morgan fingerprint density at radius 3 is 1.12 bits per heavy atom. The first-order valence-corrected chi connectivity index (χ1v) is 23.8. The number of para-hydroxylation sites is 1. The largest absolute Gasteiger partial charge is 0.455 e. The number of hydrogen-bond donors (Lipinski definition) is 0. The average Bonchev–Trinajstić information content (AvgIpc) is 3.80. The second-order valence-corrected chi connectivity index (χ2v) is 18.2. The smallest absolute Gasteiger partial charge is 0.143 e. The van der Waals surface area contributed by atoms with E-state index in [0.717, 1.165) is 33.1 Å². The molecule has 1 nitrogen and oxygen atoms in total. The van der Waals surface area contributed by atoms with E-state index in [1.54, 1.807) is 0 Å². The molecule has 69 heavy (non-hydrogen) atoms. The maximum absolute atomic E-state index is 7.19. The van der Waals surface area contributed by atoms with Crippen molar-refractivity contribution in [1.29, 1.82) is 0 Å². The van der Waals surface area contributed by atoms with E-state index in [1.807, 2.05) is 0 Å². The van der Waals surface area contributed by atoms with Gasteiger partial charge in [0.25, 0.3) is 0 Å². The van der Waals surface area contributed by atoms with E-state index in [4.69, 9.17) is 4.42 Å². The van der Waals surface area contributed by atoms with Crippen LogP contribution in [0.5, 0.6) is 0 Å². The van der Waals surface area contributed by atoms with E-state index in [2.05, 4.69) is 255 Å². The molecule has 0 atom stereocenters. The number of fused-ring (bicyclic) bond motifs is 8. The zero-order valence-electron chi connectivity index (χ0n) is 37.7. The third-order valence-electron chi connectivity index (χ3n) is 14.5. The van der Waals surface area contributed by atoms with Crippen molar-refractivity contribution in [2.75, 3.05) is 0 Å². The van der Waals surface area contributed by atoms with Gasteiger partial charge < -0.3 is 4.42 Å². The minimum Gasteiger partial charge on any atom is -0.455 e. The summed E-state index contributed by atoms with van der Waals surface area (Å²) >= 11 is 0. The molecule has 0 unspecified atom stereocenters. The van der Waals surface area contributed by atoms with Gasteiger partial charge in [-0.2, -0.15) is 0 Å². The van der Waals surface area contributed by atoms with E-state index in [1.165, 1.54) is 109 Å². The molecular weight excluding hydrogens is 833 g/mol. The topological polar surface area (TPSA) is 13.1 Å². The molecule has 13 aromatic carbocycles. The van der Waals surface area contributed by atoms with Crippen LogP contribution in [0, 0.1) is 0 Å². The van der Waals surface area contributed by atoms with Gasteiger partial charge in [0.15, 0.2) is 0 Å². The zero-order valence-corrected chi connectivity index (χ0v) is 37.7. The van der Waals surface area contributed by atoms with Crippen LogP contribution in [0.1, 0.15) is 0 Å². The predicted octanol–water partition coefficient (Wildman–Crippen LogP) is 19.4. The Hall–Kier alpha value is -9.04. The molecule has 1 heterocycles. The van der Waals surface area contributed by atoms with Gasteiger partial charge in [-0.05, 0) is 122 Å². The maximum atomic E-state index is 7.19. The summed E-state index contributed by atoms with van der Waals surface area (Å²) in [6.45, 7) is 0. The summed E-state index contributed by atoms with van der Waals surface area (Å²) in [6.07, 6.45) is 0. The monoisotopic (exact) mass is 874 g/mol. The fourth-order valence-electron chi connectivity index (χ4n) is 11.5. The minimum atomic E-state index is 0.874. The molecule has 0 spiro atoms. The maximum Gasteiger partial charge on any atom is 0.143 e. The summed E-state index contributed by atoms with van der Waals surface area (Å²) in [5, 5.41) is 14.4. The fourth-order valence-corrected chi connectivity index (χ4v) is 11.5. The summed E-state index contributed by atoms with van der Waals surface area (Å²) < 4.78 is 7.19. The van der Waals surface area contributed by atoms with Gasteiger partial charge in [0.05, 0.1) is 0 Å². The molecule has 0 fully saturated rings. The van der Waals surface area contributed by atoms with Gasteiger partial charge in [-0.15, -0.1) is 0 Å². The lowest BCUT2D eigenvalue weighted by Gasteiger charge is -2.19. The number of rotatable bonds is 6. The van der Waals surface area contributed by atoms with Crippen molar-refractivity contribution >= 4 is 75.8 Å². The van der Waals surface area contributed by atoms with Crippen LogP contribution in [0.2, 0.25) is 0 Å². The second kappa shape index (κ2) is 15.8. The van der Waals surface area contributed by atoms with Crippen molar-refractivity contribution in [2.24, 2.45) is 0 Å². The lowest BCUT2D eigenvalue weighted by Crippen LogP contribution is -1.92. The fraction of sp³-hybridized carbons (Fsp3) is 0. The average molecular weight is 875 g/mol. The lowest BCUT2D eigenvalue weighted by molar-refractivity contribution is 0.670. The Labute approximate surface area is 399 Å². The van der Waals surface area contributed by atoms with Crippen LogP contribution in [0.3, 0.4) is 0 Å². The molecule has 0 bridgehead atoms. The number of hydrogen-bond acceptors (Lipinski definition) is 1. The van der Waals surface area contributed by atoms with Crippen LogP contribution in [-0.4, -0.2) is 0 Å². The molecule has 0 saturated heterocycles. The first-order chi connectivity index (χ1) is 34.3. The van der Waals surface area contributed by atoms with Crippen LogP contribution in [0.4, 0.5) is 0 Å². The van der Waals surface area contributed by atoms with Crippen LogP contribution in [0.15, 0.2) is 259 Å². The molecule has 0 aliphatic carbocycles. The quantitative estimate of drug-likeness (QED) is 0.152. The Bertz CT molecular complexity index is 4220. The molecule has 1 aromatic heterocycles. The summed E-state index contributed by atoms with van der Waals surface area (Å²) in [5.74, 6) is 0. The third kappa shape index (κ3) is 6.18. The van der Waals surface area contributed by atoms with Gasteiger partial charge in [-0.3, -0.25) is 0 Å². The zero-order chi connectivity index (χ0) is 45.4. The molecule has 0 radical (unpaired) electrons. The summed E-state index contributed by atoms with van der Waals surface area (Å²) in [5.41, 5.74) is 16.2. The van der Waals surface area contributed by atoms with E-state index in [9.17, 15) is 0 Å². The molecule has 0 saturated carbocycles. The first-order valence-electron chi connectivity index (χ1n) is 23.8. The molecule has 0 aliphatic heterocycles. The van der Waals surface area contributed by atoms with E-state index < -0.39 is 0 Å². The molecule has 0 amide bonds. The SMILES string of the molecule is c1ccc(-c2ccc(-c3c4ccccc4c(-c4ccc5c(c4)oc4c(-c6c7ccccc7c(-c7ccc(-c8ccccc8)c8ccccc78)c7ccccc67)cccc45)c4ccccc34)cc2)cc1. The highest BCUT2D eigenvalue weighted by Crippen LogP contribution is 2.50. The molecule has 320 valence electrons. The molecule has 14 aromatic rings. The second-order valence-electron chi connectivity index (χ2n) is 18.2. The summed E-state index contributed by atoms with van der Waals surface area (Å²) in [4.78, 5) is 0. The normalized spacial score (nSPS) is 11.8. The molecular formula is C68H42O. The van der Waals surface area contributed by atoms with Gasteiger partial charge in [-0.1, -0.05) is 243 Å². The first kappa shape index (κ1) is 39.2. The van der Waals surface area contributed by atoms with E-state index >= 15 is 0 Å². The Morgan fingerprint density at radius 2 is 0.565 bits per heavy atom. The van der Waals surface area contributed by atoms with Crippen molar-refractivity contribution in [2.45, 2.75) is 0 Å². The highest BCUT2D eigenvalue weighted by Gasteiger charge is 2.23. The third-order valence-corrected chi connectivity index (χ3v) is 14.5. The number of benzene rings is 13.